The molecule has 1 aliphatic rings. The van der Waals surface area contributed by atoms with Gasteiger partial charge in [-0.15, -0.1) is 0 Å². The molecule has 2 rings (SSSR count). The lowest BCUT2D eigenvalue weighted by Crippen LogP contribution is -2.27. The highest BCUT2D eigenvalue weighted by Crippen LogP contribution is 2.14. The van der Waals surface area contributed by atoms with E-state index in [2.05, 4.69) is 17.2 Å². The van der Waals surface area contributed by atoms with Crippen molar-refractivity contribution >= 4 is 5.91 Å². The lowest BCUT2D eigenvalue weighted by Gasteiger charge is -2.10. The molecule has 5 heteroatoms. The van der Waals surface area contributed by atoms with Gasteiger partial charge in [0.15, 0.2) is 0 Å². The van der Waals surface area contributed by atoms with Crippen LogP contribution in [0.2, 0.25) is 0 Å². The quantitative estimate of drug-likeness (QED) is 0.826. The van der Waals surface area contributed by atoms with Crippen LogP contribution in [0.4, 0.5) is 4.39 Å². The van der Waals surface area contributed by atoms with Crippen molar-refractivity contribution < 1.29 is 19.0 Å². The Bertz CT molecular complexity index is 556. The summed E-state index contributed by atoms with van der Waals surface area (Å²) in [4.78, 5) is 11.9. The zero-order chi connectivity index (χ0) is 15.1. The number of hydrogen-bond donors (Lipinski definition) is 2. The van der Waals surface area contributed by atoms with E-state index in [0.29, 0.717) is 6.54 Å². The summed E-state index contributed by atoms with van der Waals surface area (Å²) in [5.74, 6) is 3.98. The topological polar surface area (TPSA) is 58.6 Å². The minimum absolute atomic E-state index is 0.167. The van der Waals surface area contributed by atoms with Crippen LogP contribution >= 0.6 is 0 Å². The van der Waals surface area contributed by atoms with Crippen molar-refractivity contribution in [1.82, 2.24) is 5.32 Å². The molecule has 0 saturated carbocycles. The molecule has 0 bridgehead atoms. The monoisotopic (exact) mass is 291 g/mol. The average molecular weight is 291 g/mol. The number of halogens is 1. The van der Waals surface area contributed by atoms with Crippen LogP contribution in [-0.2, 0) is 4.74 Å². The number of benzene rings is 1. The smallest absolute Gasteiger partial charge is 0.251 e. The number of carbonyl (C=O) groups excluding carboxylic acids is 1. The van der Waals surface area contributed by atoms with Gasteiger partial charge in [0.25, 0.3) is 5.91 Å². The van der Waals surface area contributed by atoms with Gasteiger partial charge in [-0.2, -0.15) is 0 Å². The van der Waals surface area contributed by atoms with Gasteiger partial charge in [0.1, 0.15) is 12.4 Å². The summed E-state index contributed by atoms with van der Waals surface area (Å²) in [7, 11) is 0. The number of ether oxygens (including phenoxy) is 1. The van der Waals surface area contributed by atoms with Crippen LogP contribution in [0.25, 0.3) is 0 Å². The van der Waals surface area contributed by atoms with E-state index in [4.69, 9.17) is 9.84 Å². The Balaban J connectivity index is 1.88. The van der Waals surface area contributed by atoms with Crippen molar-refractivity contribution in [1.29, 1.82) is 0 Å². The van der Waals surface area contributed by atoms with E-state index < -0.39 is 5.82 Å². The fraction of sp³-hybridized carbons (Fsp3) is 0.438. The first-order valence-corrected chi connectivity index (χ1v) is 7.00. The van der Waals surface area contributed by atoms with Crippen LogP contribution < -0.4 is 5.32 Å². The van der Waals surface area contributed by atoms with Gasteiger partial charge in [-0.25, -0.2) is 4.39 Å². The highest BCUT2D eigenvalue weighted by molar-refractivity contribution is 5.94. The minimum atomic E-state index is -0.567. The molecule has 1 fully saturated rings. The van der Waals surface area contributed by atoms with Crippen LogP contribution in [0, 0.1) is 17.7 Å². The number of amides is 1. The molecule has 1 saturated heterocycles. The number of nitrogens with one attached hydrogen (secondary N) is 1. The highest BCUT2D eigenvalue weighted by atomic mass is 19.1. The SMILES string of the molecule is O=C(NCCC1CCCO1)c1ccc(C#CCO)c(F)c1. The molecule has 2 N–H and O–H groups in total. The third kappa shape index (κ3) is 4.55. The van der Waals surface area contributed by atoms with Crippen LogP contribution in [0.3, 0.4) is 0 Å². The Kier molecular flexibility index (Phi) is 5.73. The summed E-state index contributed by atoms with van der Waals surface area (Å²) < 4.78 is 19.2. The van der Waals surface area contributed by atoms with Gasteiger partial charge >= 0.3 is 0 Å². The van der Waals surface area contributed by atoms with Gasteiger partial charge in [0, 0.05) is 18.7 Å². The molecular formula is C16H18FNO3. The molecule has 0 spiro atoms. The standard InChI is InChI=1S/C16H18FNO3/c17-15-11-13(6-5-12(15)3-1-9-19)16(20)18-8-7-14-4-2-10-21-14/h5-6,11,14,19H,2,4,7-10H2,(H,18,20). The highest BCUT2D eigenvalue weighted by Gasteiger charge is 2.15. The molecule has 21 heavy (non-hydrogen) atoms. The third-order valence-electron chi connectivity index (χ3n) is 3.31. The maximum atomic E-state index is 13.7. The van der Waals surface area contributed by atoms with Crippen molar-refractivity contribution in [2.45, 2.75) is 25.4 Å². The third-order valence-corrected chi connectivity index (χ3v) is 3.31. The molecule has 0 aliphatic carbocycles. The van der Waals surface area contributed by atoms with Crippen molar-refractivity contribution in [3.05, 3.63) is 35.1 Å². The maximum absolute atomic E-state index is 13.7. The van der Waals surface area contributed by atoms with Crippen molar-refractivity contribution in [3.63, 3.8) is 0 Å². The Morgan fingerprint density at radius 2 is 2.38 bits per heavy atom. The number of aliphatic hydroxyl groups excluding tert-OH is 1. The van der Waals surface area contributed by atoms with Crippen molar-refractivity contribution in [2.75, 3.05) is 19.8 Å². The predicted molar refractivity (Wildman–Crippen MR) is 76.3 cm³/mol. The van der Waals surface area contributed by atoms with Crippen LogP contribution in [0.5, 0.6) is 0 Å². The molecule has 1 aliphatic heterocycles. The Labute approximate surface area is 123 Å². The van der Waals surface area contributed by atoms with E-state index in [0.717, 1.165) is 31.9 Å². The second kappa shape index (κ2) is 7.77. The summed E-state index contributed by atoms with van der Waals surface area (Å²) in [6.07, 6.45) is 3.09. The second-order valence-corrected chi connectivity index (χ2v) is 4.83. The first kappa shape index (κ1) is 15.5. The Hall–Kier alpha value is -1.90. The molecule has 4 nitrogen and oxygen atoms in total. The molecule has 1 heterocycles. The molecule has 1 amide bonds. The summed E-state index contributed by atoms with van der Waals surface area (Å²) in [5.41, 5.74) is 0.425. The Morgan fingerprint density at radius 1 is 1.52 bits per heavy atom. The number of carbonyl (C=O) groups is 1. The summed E-state index contributed by atoms with van der Waals surface area (Å²) >= 11 is 0. The van der Waals surface area contributed by atoms with E-state index in [-0.39, 0.29) is 29.7 Å². The van der Waals surface area contributed by atoms with Gasteiger partial charge < -0.3 is 15.2 Å². The number of rotatable bonds is 4. The maximum Gasteiger partial charge on any atom is 0.251 e. The fourth-order valence-corrected chi connectivity index (χ4v) is 2.21. The predicted octanol–water partition coefficient (Wildman–Crippen LogP) is 1.47. The van der Waals surface area contributed by atoms with Gasteiger partial charge in [-0.05, 0) is 37.5 Å². The first-order valence-electron chi connectivity index (χ1n) is 7.00. The van der Waals surface area contributed by atoms with E-state index in [1.165, 1.54) is 12.1 Å². The molecule has 1 unspecified atom stereocenters. The zero-order valence-electron chi connectivity index (χ0n) is 11.7. The number of hydrogen-bond acceptors (Lipinski definition) is 3. The van der Waals surface area contributed by atoms with E-state index in [1.54, 1.807) is 0 Å². The molecule has 112 valence electrons. The lowest BCUT2D eigenvalue weighted by molar-refractivity contribution is 0.0907. The zero-order valence-corrected chi connectivity index (χ0v) is 11.7. The molecule has 1 atom stereocenters. The van der Waals surface area contributed by atoms with Crippen LogP contribution in [0.1, 0.15) is 35.2 Å². The van der Waals surface area contributed by atoms with Gasteiger partial charge in [0.2, 0.25) is 0 Å². The van der Waals surface area contributed by atoms with E-state index in [9.17, 15) is 9.18 Å². The van der Waals surface area contributed by atoms with E-state index in [1.807, 2.05) is 0 Å². The van der Waals surface area contributed by atoms with Gasteiger partial charge in [-0.3, -0.25) is 4.79 Å². The average Bonchev–Trinajstić information content (AvgIpc) is 2.99. The number of aliphatic hydroxyl groups is 1. The minimum Gasteiger partial charge on any atom is -0.384 e. The van der Waals surface area contributed by atoms with Gasteiger partial charge in [-0.1, -0.05) is 11.8 Å². The van der Waals surface area contributed by atoms with Gasteiger partial charge in [0.05, 0.1) is 11.7 Å². The molecule has 0 radical (unpaired) electrons. The summed E-state index contributed by atoms with van der Waals surface area (Å²) in [5, 5.41) is 11.3. The molecule has 0 aromatic heterocycles. The lowest BCUT2D eigenvalue weighted by atomic mass is 10.1. The fourth-order valence-electron chi connectivity index (χ4n) is 2.21. The van der Waals surface area contributed by atoms with Crippen molar-refractivity contribution in [2.24, 2.45) is 0 Å². The molecular weight excluding hydrogens is 273 g/mol. The molecule has 1 aromatic carbocycles. The largest absolute Gasteiger partial charge is 0.384 e. The summed E-state index contributed by atoms with van der Waals surface area (Å²) in [6.45, 7) is 0.974. The Morgan fingerprint density at radius 3 is 3.05 bits per heavy atom. The normalized spacial score (nSPS) is 17.1. The van der Waals surface area contributed by atoms with Crippen LogP contribution in [0.15, 0.2) is 18.2 Å². The van der Waals surface area contributed by atoms with Crippen LogP contribution in [-0.4, -0.2) is 36.9 Å². The second-order valence-electron chi connectivity index (χ2n) is 4.83. The van der Waals surface area contributed by atoms with Crippen molar-refractivity contribution in [3.8, 4) is 11.8 Å². The summed E-state index contributed by atoms with van der Waals surface area (Å²) in [6, 6.07) is 4.11. The first-order chi connectivity index (χ1) is 10.2. The van der Waals surface area contributed by atoms with E-state index >= 15 is 0 Å². The molecule has 1 aromatic rings.